The molecule has 0 unspecified atom stereocenters. The van der Waals surface area contributed by atoms with E-state index in [1.807, 2.05) is 54.3 Å². The van der Waals surface area contributed by atoms with Gasteiger partial charge in [-0.15, -0.1) is 35.3 Å². The van der Waals surface area contributed by atoms with E-state index < -0.39 is 0 Å². The third-order valence-corrected chi connectivity index (χ3v) is 4.58. The van der Waals surface area contributed by atoms with Crippen molar-refractivity contribution in [1.29, 1.82) is 0 Å². The van der Waals surface area contributed by atoms with Crippen LogP contribution in [-0.4, -0.2) is 33.8 Å². The Morgan fingerprint density at radius 2 is 2.04 bits per heavy atom. The Bertz CT molecular complexity index is 843. The van der Waals surface area contributed by atoms with Crippen molar-refractivity contribution in [1.82, 2.24) is 25.4 Å². The summed E-state index contributed by atoms with van der Waals surface area (Å²) in [6.07, 6.45) is 4.76. The SMILES string of the molecule is CCNC(=NCc1cnn(-c2ccccc2)c1)NCCc1csc(C)n1.I. The van der Waals surface area contributed by atoms with Gasteiger partial charge >= 0.3 is 0 Å². The molecule has 0 spiro atoms. The number of para-hydroxylation sites is 1. The molecule has 0 radical (unpaired) electrons. The topological polar surface area (TPSA) is 67.1 Å². The quantitative estimate of drug-likeness (QED) is 0.298. The third-order valence-electron chi connectivity index (χ3n) is 3.76. The molecule has 3 rings (SSSR count). The van der Waals surface area contributed by atoms with E-state index in [4.69, 9.17) is 0 Å². The highest BCUT2D eigenvalue weighted by molar-refractivity contribution is 14.0. The number of halogens is 1. The Labute approximate surface area is 181 Å². The minimum absolute atomic E-state index is 0. The van der Waals surface area contributed by atoms with Gasteiger partial charge in [-0.1, -0.05) is 18.2 Å². The lowest BCUT2D eigenvalue weighted by Gasteiger charge is -2.10. The van der Waals surface area contributed by atoms with Gasteiger partial charge in [-0.25, -0.2) is 14.7 Å². The number of benzene rings is 1. The zero-order valence-electron chi connectivity index (χ0n) is 15.6. The summed E-state index contributed by atoms with van der Waals surface area (Å²) in [5.74, 6) is 0.812. The Balaban J connectivity index is 0.00000261. The molecule has 0 amide bonds. The van der Waals surface area contributed by atoms with Crippen molar-refractivity contribution in [2.24, 2.45) is 4.99 Å². The smallest absolute Gasteiger partial charge is 0.191 e. The van der Waals surface area contributed by atoms with Crippen LogP contribution in [0.15, 0.2) is 53.1 Å². The summed E-state index contributed by atoms with van der Waals surface area (Å²) in [4.78, 5) is 9.14. The van der Waals surface area contributed by atoms with E-state index >= 15 is 0 Å². The number of thiazole rings is 1. The first-order valence-electron chi connectivity index (χ1n) is 8.76. The fourth-order valence-corrected chi connectivity index (χ4v) is 3.15. The summed E-state index contributed by atoms with van der Waals surface area (Å²) in [6, 6.07) is 10.1. The normalized spacial score (nSPS) is 11.1. The zero-order chi connectivity index (χ0) is 18.2. The van der Waals surface area contributed by atoms with Crippen LogP contribution in [0.5, 0.6) is 0 Å². The van der Waals surface area contributed by atoms with Gasteiger partial charge in [0.15, 0.2) is 5.96 Å². The zero-order valence-corrected chi connectivity index (χ0v) is 18.7. The van der Waals surface area contributed by atoms with E-state index in [0.717, 1.165) is 47.4 Å². The maximum atomic E-state index is 4.65. The van der Waals surface area contributed by atoms with E-state index in [2.05, 4.69) is 38.0 Å². The second-order valence-corrected chi connectivity index (χ2v) is 6.92. The lowest BCUT2D eigenvalue weighted by Crippen LogP contribution is -2.38. The van der Waals surface area contributed by atoms with Crippen LogP contribution in [0.1, 0.15) is 23.2 Å². The number of nitrogens with one attached hydrogen (secondary N) is 2. The van der Waals surface area contributed by atoms with Crippen molar-refractivity contribution in [2.45, 2.75) is 26.8 Å². The molecule has 0 bridgehead atoms. The Morgan fingerprint density at radius 3 is 2.74 bits per heavy atom. The molecule has 0 fully saturated rings. The molecule has 6 nitrogen and oxygen atoms in total. The van der Waals surface area contributed by atoms with Gasteiger partial charge in [0.25, 0.3) is 0 Å². The highest BCUT2D eigenvalue weighted by Crippen LogP contribution is 2.09. The highest BCUT2D eigenvalue weighted by atomic mass is 127. The number of aliphatic imine (C=N–C) groups is 1. The maximum absolute atomic E-state index is 4.65. The van der Waals surface area contributed by atoms with Gasteiger partial charge in [-0.2, -0.15) is 5.10 Å². The fourth-order valence-electron chi connectivity index (χ4n) is 2.51. The number of hydrogen-bond acceptors (Lipinski definition) is 4. The number of nitrogens with zero attached hydrogens (tertiary/aromatic N) is 4. The number of guanidine groups is 1. The average molecular weight is 496 g/mol. The maximum Gasteiger partial charge on any atom is 0.191 e. The summed E-state index contributed by atoms with van der Waals surface area (Å²) >= 11 is 1.69. The number of rotatable bonds is 7. The van der Waals surface area contributed by atoms with Crippen LogP contribution in [0, 0.1) is 6.92 Å². The molecule has 1 aromatic carbocycles. The molecule has 0 saturated heterocycles. The molecule has 0 saturated carbocycles. The van der Waals surface area contributed by atoms with Crippen LogP contribution in [0.3, 0.4) is 0 Å². The second-order valence-electron chi connectivity index (χ2n) is 5.86. The van der Waals surface area contributed by atoms with Gasteiger partial charge in [0, 0.05) is 36.7 Å². The van der Waals surface area contributed by atoms with Crippen LogP contribution in [0.2, 0.25) is 0 Å². The first-order chi connectivity index (χ1) is 12.7. The predicted octanol–water partition coefficient (Wildman–Crippen LogP) is 3.55. The van der Waals surface area contributed by atoms with Crippen LogP contribution in [0.4, 0.5) is 0 Å². The standard InChI is InChI=1S/C19H24N6S.HI/c1-3-20-19(21-10-9-17-14-26-15(2)24-17)22-11-16-12-23-25(13-16)18-7-5-4-6-8-18;/h4-8,12-14H,3,9-11H2,1-2H3,(H2,20,21,22);1H. The average Bonchev–Trinajstić information content (AvgIpc) is 3.29. The van der Waals surface area contributed by atoms with Gasteiger partial charge in [0.2, 0.25) is 0 Å². The first kappa shape index (κ1) is 21.4. The number of aromatic nitrogens is 3. The van der Waals surface area contributed by atoms with E-state index in [9.17, 15) is 0 Å². The van der Waals surface area contributed by atoms with E-state index in [-0.39, 0.29) is 24.0 Å². The van der Waals surface area contributed by atoms with E-state index in [0.29, 0.717) is 6.54 Å². The monoisotopic (exact) mass is 496 g/mol. The summed E-state index contributed by atoms with van der Waals surface area (Å²) in [5.41, 5.74) is 3.24. The van der Waals surface area contributed by atoms with Crippen molar-refractivity contribution in [3.8, 4) is 5.69 Å². The molecule has 2 aromatic heterocycles. The number of aryl methyl sites for hydroxylation is 1. The van der Waals surface area contributed by atoms with Crippen molar-refractivity contribution in [3.05, 3.63) is 64.4 Å². The predicted molar refractivity (Wildman–Crippen MR) is 122 cm³/mol. The summed E-state index contributed by atoms with van der Waals surface area (Å²) in [6.45, 7) is 6.30. The molecule has 0 atom stereocenters. The second kappa shape index (κ2) is 11.0. The first-order valence-corrected chi connectivity index (χ1v) is 9.64. The molecule has 2 heterocycles. The highest BCUT2D eigenvalue weighted by Gasteiger charge is 2.03. The van der Waals surface area contributed by atoms with Gasteiger partial charge in [-0.3, -0.25) is 0 Å². The van der Waals surface area contributed by atoms with Crippen molar-refractivity contribution < 1.29 is 0 Å². The number of hydrogen-bond donors (Lipinski definition) is 2. The Hall–Kier alpha value is -1.94. The molecule has 0 aliphatic rings. The largest absolute Gasteiger partial charge is 0.357 e. The lowest BCUT2D eigenvalue weighted by atomic mass is 10.3. The summed E-state index contributed by atoms with van der Waals surface area (Å²) in [7, 11) is 0. The lowest BCUT2D eigenvalue weighted by molar-refractivity contribution is 0.790. The summed E-state index contributed by atoms with van der Waals surface area (Å²) in [5, 5.41) is 14.3. The van der Waals surface area contributed by atoms with E-state index in [1.165, 1.54) is 0 Å². The molecule has 27 heavy (non-hydrogen) atoms. The van der Waals surface area contributed by atoms with Crippen LogP contribution in [0.25, 0.3) is 5.69 Å². The molecule has 2 N–H and O–H groups in total. The Kier molecular flexibility index (Phi) is 8.73. The van der Waals surface area contributed by atoms with Crippen molar-refractivity contribution >= 4 is 41.3 Å². The van der Waals surface area contributed by atoms with Crippen LogP contribution >= 0.6 is 35.3 Å². The molecule has 144 valence electrons. The van der Waals surface area contributed by atoms with Gasteiger partial charge in [0.1, 0.15) is 0 Å². The van der Waals surface area contributed by atoms with Gasteiger partial charge in [0.05, 0.1) is 29.1 Å². The van der Waals surface area contributed by atoms with Gasteiger partial charge in [-0.05, 0) is 26.0 Å². The van der Waals surface area contributed by atoms with Crippen LogP contribution < -0.4 is 10.6 Å². The summed E-state index contributed by atoms with van der Waals surface area (Å²) < 4.78 is 1.87. The molecule has 3 aromatic rings. The Morgan fingerprint density at radius 1 is 1.22 bits per heavy atom. The minimum Gasteiger partial charge on any atom is -0.357 e. The molecule has 0 aliphatic heterocycles. The molecule has 0 aliphatic carbocycles. The molecule has 8 heteroatoms. The molecular weight excluding hydrogens is 471 g/mol. The van der Waals surface area contributed by atoms with Gasteiger partial charge < -0.3 is 10.6 Å². The molecular formula is C19H25IN6S. The minimum atomic E-state index is 0. The fraction of sp³-hybridized carbons (Fsp3) is 0.316. The van der Waals surface area contributed by atoms with Crippen LogP contribution in [-0.2, 0) is 13.0 Å². The third kappa shape index (κ3) is 6.62. The van der Waals surface area contributed by atoms with E-state index in [1.54, 1.807) is 11.3 Å². The van der Waals surface area contributed by atoms with Crippen molar-refractivity contribution in [3.63, 3.8) is 0 Å². The van der Waals surface area contributed by atoms with Crippen molar-refractivity contribution in [2.75, 3.05) is 13.1 Å².